The fourth-order valence-corrected chi connectivity index (χ4v) is 5.86. The lowest BCUT2D eigenvalue weighted by molar-refractivity contribution is 0.0151. The molecule has 0 bridgehead atoms. The predicted octanol–water partition coefficient (Wildman–Crippen LogP) is 1.90. The second-order valence-electron chi connectivity index (χ2n) is 6.13. The Morgan fingerprint density at radius 3 is 2.52 bits per heavy atom. The first kappa shape index (κ1) is 14.5. The Hall–Kier alpha value is -2.09. The van der Waals surface area contributed by atoms with E-state index in [-0.39, 0.29) is 11.7 Å². The Morgan fingerprint density at radius 1 is 1.30 bits per heavy atom. The SMILES string of the molecule is C[C@]1(c2ccc(F)cc2)[C@]2(C#N)C(N)=N[C@@]3(OCCS3)[C@@]21C#N. The molecule has 1 saturated heterocycles. The highest BCUT2D eigenvalue weighted by Crippen LogP contribution is 2.87. The molecule has 2 N–H and O–H groups in total. The van der Waals surface area contributed by atoms with Crippen LogP contribution >= 0.6 is 11.8 Å². The van der Waals surface area contributed by atoms with Crippen LogP contribution in [0.4, 0.5) is 4.39 Å². The number of benzene rings is 1. The average molecular weight is 328 g/mol. The van der Waals surface area contributed by atoms with Crippen LogP contribution in [0.1, 0.15) is 12.5 Å². The number of hydrogen-bond donors (Lipinski definition) is 1. The summed E-state index contributed by atoms with van der Waals surface area (Å²) in [6, 6.07) is 10.4. The molecule has 1 aromatic rings. The Balaban J connectivity index is 2.00. The molecular formula is C16H13FN4OS. The summed E-state index contributed by atoms with van der Waals surface area (Å²) >= 11 is 1.41. The summed E-state index contributed by atoms with van der Waals surface area (Å²) in [7, 11) is 0. The molecular weight excluding hydrogens is 315 g/mol. The lowest BCUT2D eigenvalue weighted by Gasteiger charge is -2.29. The zero-order chi connectivity index (χ0) is 16.5. The third kappa shape index (κ3) is 1.17. The van der Waals surface area contributed by atoms with E-state index in [4.69, 9.17) is 10.5 Å². The number of aliphatic imine (C=N–C) groups is 1. The molecule has 0 aromatic heterocycles. The fraction of sp³-hybridized carbons (Fsp3) is 0.438. The number of nitriles is 2. The summed E-state index contributed by atoms with van der Waals surface area (Å²) in [6.45, 7) is 2.27. The molecule has 3 aliphatic rings. The second-order valence-corrected chi connectivity index (χ2v) is 7.38. The lowest BCUT2D eigenvalue weighted by Crippen LogP contribution is -2.38. The molecule has 0 unspecified atom stereocenters. The van der Waals surface area contributed by atoms with E-state index in [0.29, 0.717) is 17.9 Å². The molecule has 5 nitrogen and oxygen atoms in total. The van der Waals surface area contributed by atoms with Gasteiger partial charge in [-0.2, -0.15) is 10.5 Å². The molecule has 1 aromatic carbocycles. The maximum Gasteiger partial charge on any atom is 0.231 e. The Morgan fingerprint density at radius 2 is 2.00 bits per heavy atom. The van der Waals surface area contributed by atoms with E-state index in [1.54, 1.807) is 12.1 Å². The van der Waals surface area contributed by atoms with E-state index >= 15 is 0 Å². The van der Waals surface area contributed by atoms with Crippen molar-refractivity contribution in [3.05, 3.63) is 35.6 Å². The van der Waals surface area contributed by atoms with Crippen LogP contribution in [-0.4, -0.2) is 23.3 Å². The molecule has 0 amide bonds. The van der Waals surface area contributed by atoms with Gasteiger partial charge in [-0.05, 0) is 17.7 Å². The van der Waals surface area contributed by atoms with Crippen LogP contribution in [0.15, 0.2) is 29.3 Å². The molecule has 2 heterocycles. The highest BCUT2D eigenvalue weighted by molar-refractivity contribution is 8.00. The summed E-state index contributed by atoms with van der Waals surface area (Å²) in [5, 5.41) is 18.8. The van der Waals surface area contributed by atoms with Gasteiger partial charge in [-0.3, -0.25) is 0 Å². The number of fused-ring (bicyclic) bond motifs is 2. The van der Waals surface area contributed by atoms with E-state index in [1.807, 2.05) is 6.92 Å². The highest BCUT2D eigenvalue weighted by Gasteiger charge is 2.99. The van der Waals surface area contributed by atoms with Crippen molar-refractivity contribution >= 4 is 17.6 Å². The number of halogens is 1. The van der Waals surface area contributed by atoms with Crippen molar-refractivity contribution in [2.75, 3.05) is 12.4 Å². The van der Waals surface area contributed by atoms with Gasteiger partial charge < -0.3 is 10.5 Å². The van der Waals surface area contributed by atoms with Gasteiger partial charge in [-0.15, -0.1) is 0 Å². The minimum absolute atomic E-state index is 0.128. The second kappa shape index (κ2) is 4.05. The van der Waals surface area contributed by atoms with Gasteiger partial charge >= 0.3 is 0 Å². The van der Waals surface area contributed by atoms with Crippen molar-refractivity contribution in [2.24, 2.45) is 21.6 Å². The van der Waals surface area contributed by atoms with Crippen LogP contribution < -0.4 is 5.73 Å². The topological polar surface area (TPSA) is 95.2 Å². The predicted molar refractivity (Wildman–Crippen MR) is 82.6 cm³/mol. The molecule has 4 atom stereocenters. The largest absolute Gasteiger partial charge is 0.386 e. The van der Waals surface area contributed by atoms with Crippen LogP contribution in [0.2, 0.25) is 0 Å². The third-order valence-electron chi connectivity index (χ3n) is 5.56. The van der Waals surface area contributed by atoms with Crippen molar-refractivity contribution in [1.29, 1.82) is 10.5 Å². The Kier molecular flexibility index (Phi) is 2.56. The number of hydrogen-bond acceptors (Lipinski definition) is 6. The van der Waals surface area contributed by atoms with Gasteiger partial charge in [0.2, 0.25) is 5.06 Å². The molecule has 0 radical (unpaired) electrons. The maximum atomic E-state index is 13.3. The zero-order valence-electron chi connectivity index (χ0n) is 12.3. The molecule has 23 heavy (non-hydrogen) atoms. The number of amidine groups is 1. The summed E-state index contributed by atoms with van der Waals surface area (Å²) in [5.74, 6) is 0.437. The smallest absolute Gasteiger partial charge is 0.231 e. The normalized spacial score (nSPS) is 43.6. The summed E-state index contributed by atoms with van der Waals surface area (Å²) in [5.41, 5.74) is 3.44. The monoisotopic (exact) mass is 328 g/mol. The van der Waals surface area contributed by atoms with Crippen LogP contribution in [0.3, 0.4) is 0 Å². The molecule has 1 aliphatic carbocycles. The summed E-state index contributed by atoms with van der Waals surface area (Å²) in [4.78, 5) is 4.39. The van der Waals surface area contributed by atoms with Gasteiger partial charge in [0.25, 0.3) is 0 Å². The first-order valence-corrected chi connectivity index (χ1v) is 8.16. The van der Waals surface area contributed by atoms with Crippen molar-refractivity contribution < 1.29 is 9.13 Å². The summed E-state index contributed by atoms with van der Waals surface area (Å²) in [6.07, 6.45) is 0. The quantitative estimate of drug-likeness (QED) is 0.849. The number of nitrogens with zero attached hydrogens (tertiary/aromatic N) is 3. The fourth-order valence-electron chi connectivity index (χ4n) is 4.46. The van der Waals surface area contributed by atoms with Crippen molar-refractivity contribution in [3.8, 4) is 12.1 Å². The van der Waals surface area contributed by atoms with Crippen molar-refractivity contribution in [3.63, 3.8) is 0 Å². The van der Waals surface area contributed by atoms with E-state index in [2.05, 4.69) is 17.1 Å². The highest BCUT2D eigenvalue weighted by atomic mass is 32.2. The third-order valence-corrected chi connectivity index (χ3v) is 6.84. The van der Waals surface area contributed by atoms with Crippen molar-refractivity contribution in [2.45, 2.75) is 17.4 Å². The molecule has 4 rings (SSSR count). The molecule has 2 fully saturated rings. The van der Waals surface area contributed by atoms with Gasteiger partial charge in [-0.1, -0.05) is 30.8 Å². The number of thioether (sulfide) groups is 1. The summed E-state index contributed by atoms with van der Waals surface area (Å²) < 4.78 is 19.1. The Bertz CT molecular complexity index is 820. The zero-order valence-corrected chi connectivity index (χ0v) is 13.2. The number of rotatable bonds is 1. The first-order valence-electron chi connectivity index (χ1n) is 7.18. The maximum absolute atomic E-state index is 13.3. The number of ether oxygens (including phenoxy) is 1. The standard InChI is InChI=1S/C16H13FN4OS/c1-13(10-2-4-11(17)5-3-10)14(8-18)12(20)21-16(15(13,14)9-19)22-6-7-23-16/h2-5H,6-7H2,1H3,(H2,20,21)/t13-,14-,15+,16+/m0/s1. The van der Waals surface area contributed by atoms with Gasteiger partial charge in [0.1, 0.15) is 11.7 Å². The van der Waals surface area contributed by atoms with E-state index in [9.17, 15) is 14.9 Å². The first-order chi connectivity index (χ1) is 11.0. The average Bonchev–Trinajstić information content (AvgIpc) is 2.83. The van der Waals surface area contributed by atoms with E-state index < -0.39 is 21.3 Å². The van der Waals surface area contributed by atoms with E-state index in [1.165, 1.54) is 23.9 Å². The molecule has 7 heteroatoms. The van der Waals surface area contributed by atoms with E-state index in [0.717, 1.165) is 0 Å². The van der Waals surface area contributed by atoms with Gasteiger partial charge in [0.15, 0.2) is 10.8 Å². The lowest BCUT2D eigenvalue weighted by atomic mass is 9.85. The van der Waals surface area contributed by atoms with Crippen LogP contribution in [0.5, 0.6) is 0 Å². The molecule has 2 aliphatic heterocycles. The molecule has 1 spiro atoms. The Labute approximate surface area is 136 Å². The van der Waals surface area contributed by atoms with Gasteiger partial charge in [-0.25, -0.2) is 9.38 Å². The number of nitrogens with two attached hydrogens (primary N) is 1. The van der Waals surface area contributed by atoms with Crippen LogP contribution in [0, 0.1) is 39.3 Å². The minimum atomic E-state index is -1.26. The van der Waals surface area contributed by atoms with Crippen LogP contribution in [-0.2, 0) is 10.2 Å². The van der Waals surface area contributed by atoms with Gasteiger partial charge in [0.05, 0.1) is 18.7 Å². The van der Waals surface area contributed by atoms with Crippen LogP contribution in [0.25, 0.3) is 0 Å². The van der Waals surface area contributed by atoms with Gasteiger partial charge in [0, 0.05) is 11.2 Å². The molecule has 1 saturated carbocycles. The minimum Gasteiger partial charge on any atom is -0.386 e. The molecule has 116 valence electrons. The van der Waals surface area contributed by atoms with Crippen molar-refractivity contribution in [1.82, 2.24) is 0 Å².